The standard InChI is InChI=1S/C10H7NO3.Cu.H2O/c12-8-3-1-2-6-4-5-7(10(13)14)11-9(6)8;;/h1-5,12H,(H,13,14);;1H2/q;+2;/p-2. The molecule has 0 saturated carbocycles. The molecule has 6 heteroatoms. The molecule has 1 aromatic carbocycles. The van der Waals surface area contributed by atoms with E-state index >= 15 is 0 Å². The number of carboxylic acids is 1. The summed E-state index contributed by atoms with van der Waals surface area (Å²) in [6, 6.07) is 7.78. The van der Waals surface area contributed by atoms with Gasteiger partial charge in [-0.25, -0.2) is 4.98 Å². The van der Waals surface area contributed by atoms with E-state index < -0.39 is 5.97 Å². The van der Waals surface area contributed by atoms with Gasteiger partial charge in [-0.15, -0.1) is 0 Å². The Hall–Kier alpha value is -1.62. The van der Waals surface area contributed by atoms with Crippen LogP contribution in [0.2, 0.25) is 0 Å². The van der Waals surface area contributed by atoms with Crippen molar-refractivity contribution in [3.8, 4) is 5.75 Å². The number of carbonyl (C=O) groups excluding carboxylic acids is 1. The molecule has 0 radical (unpaired) electrons. The van der Waals surface area contributed by atoms with E-state index in [2.05, 4.69) is 21.3 Å². The van der Waals surface area contributed by atoms with Gasteiger partial charge < -0.3 is 15.0 Å². The van der Waals surface area contributed by atoms with Crippen LogP contribution in [-0.4, -0.2) is 20.2 Å². The molecule has 0 atom stereocenters. The van der Waals surface area contributed by atoms with E-state index in [0.717, 1.165) is 0 Å². The fraction of sp³-hybridized carbons (Fsp3) is 0. The molecule has 0 aliphatic heterocycles. The predicted octanol–water partition coefficient (Wildman–Crippen LogP) is -0.256. The molecule has 1 heterocycles. The van der Waals surface area contributed by atoms with E-state index in [1.165, 1.54) is 12.1 Å². The normalized spacial score (nSPS) is 9.44. The van der Waals surface area contributed by atoms with Crippen LogP contribution in [0.15, 0.2) is 30.3 Å². The third kappa shape index (κ3) is 2.49. The molecule has 2 N–H and O–H groups in total. The zero-order valence-electron chi connectivity index (χ0n) is 7.85. The number of nitrogens with zero attached hydrogens (tertiary/aromatic N) is 1. The number of hydrogen-bond donors (Lipinski definition) is 2. The number of pyridine rings is 1. The molecule has 0 spiro atoms. The summed E-state index contributed by atoms with van der Waals surface area (Å²) in [7, 11) is 0. The molecule has 1 aromatic heterocycles. The number of benzene rings is 1. The molecule has 0 fully saturated rings. The van der Waals surface area contributed by atoms with E-state index in [1.54, 1.807) is 18.2 Å². The number of carbonyl (C=O) groups is 1. The second-order valence-corrected chi connectivity index (χ2v) is 2.83. The fourth-order valence-electron chi connectivity index (χ4n) is 1.25. The predicted molar refractivity (Wildman–Crippen MR) is 50.0 cm³/mol. The quantitative estimate of drug-likeness (QED) is 0.696. The SMILES string of the molecule is O=C([O-])c1ccc2cccc(O)c2n1.[OH][Cu+]. The zero-order valence-corrected chi connectivity index (χ0v) is 8.79. The van der Waals surface area contributed by atoms with Crippen LogP contribution in [0.1, 0.15) is 10.5 Å². The molecule has 0 aliphatic carbocycles. The second-order valence-electron chi connectivity index (χ2n) is 2.83. The second kappa shape index (κ2) is 5.46. The van der Waals surface area contributed by atoms with Crippen molar-refractivity contribution in [1.82, 2.24) is 4.98 Å². The Morgan fingerprint density at radius 2 is 1.94 bits per heavy atom. The molecule has 2 rings (SSSR count). The summed E-state index contributed by atoms with van der Waals surface area (Å²) >= 11 is 3.19. The molecule has 0 bridgehead atoms. The van der Waals surface area contributed by atoms with E-state index in [-0.39, 0.29) is 17.0 Å². The number of hydrogen-bond acceptors (Lipinski definition) is 5. The average molecular weight is 269 g/mol. The van der Waals surface area contributed by atoms with Crippen molar-refractivity contribution in [3.05, 3.63) is 36.0 Å². The number of phenols is 1. The summed E-state index contributed by atoms with van der Waals surface area (Å²) in [6.45, 7) is 0. The van der Waals surface area contributed by atoms with E-state index in [0.29, 0.717) is 5.39 Å². The van der Waals surface area contributed by atoms with Gasteiger partial charge in [-0.2, -0.15) is 0 Å². The van der Waals surface area contributed by atoms with Crippen LogP contribution in [0, 0.1) is 0 Å². The number of carboxylic acid groups (broad SMARTS) is 1. The molecule has 87 valence electrons. The molecule has 16 heavy (non-hydrogen) atoms. The molecule has 5 nitrogen and oxygen atoms in total. The summed E-state index contributed by atoms with van der Waals surface area (Å²) in [6.07, 6.45) is 0. The van der Waals surface area contributed by atoms with Crippen molar-refractivity contribution in [3.63, 3.8) is 0 Å². The molecule has 0 unspecified atom stereocenters. The van der Waals surface area contributed by atoms with Gasteiger partial charge in [-0.1, -0.05) is 18.2 Å². The maximum atomic E-state index is 10.5. The van der Waals surface area contributed by atoms with Crippen molar-refractivity contribution in [2.75, 3.05) is 0 Å². The Morgan fingerprint density at radius 3 is 2.56 bits per heavy atom. The Kier molecular flexibility index (Phi) is 4.25. The third-order valence-electron chi connectivity index (χ3n) is 1.91. The Bertz CT molecular complexity index is 515. The van der Waals surface area contributed by atoms with Crippen LogP contribution in [0.5, 0.6) is 5.75 Å². The molecular weight excluding hydrogens is 262 g/mol. The molecule has 0 saturated heterocycles. The Balaban J connectivity index is 0.000000606. The monoisotopic (exact) mass is 268 g/mol. The first-order valence-electron chi connectivity index (χ1n) is 4.12. The van der Waals surface area contributed by atoms with Crippen molar-refractivity contribution in [2.24, 2.45) is 0 Å². The van der Waals surface area contributed by atoms with Crippen LogP contribution in [0.4, 0.5) is 0 Å². The van der Waals surface area contributed by atoms with Crippen molar-refractivity contribution in [2.45, 2.75) is 0 Å². The number of aromatic carboxylic acids is 1. The van der Waals surface area contributed by atoms with Gasteiger partial charge in [-0.3, -0.25) is 0 Å². The van der Waals surface area contributed by atoms with Gasteiger partial charge in [0, 0.05) is 5.39 Å². The third-order valence-corrected chi connectivity index (χ3v) is 1.91. The van der Waals surface area contributed by atoms with Gasteiger partial charge in [-0.05, 0) is 12.1 Å². The molecule has 2 aromatic rings. The number of aromatic hydroxyl groups is 1. The first kappa shape index (κ1) is 12.4. The van der Waals surface area contributed by atoms with Crippen molar-refractivity contribution in [1.29, 1.82) is 0 Å². The van der Waals surface area contributed by atoms with Gasteiger partial charge in [0.1, 0.15) is 11.3 Å². The molecular formula is C10H7CuNO4. The van der Waals surface area contributed by atoms with Gasteiger partial charge in [0.15, 0.2) is 0 Å². The summed E-state index contributed by atoms with van der Waals surface area (Å²) in [4.78, 5) is 14.3. The van der Waals surface area contributed by atoms with Crippen LogP contribution < -0.4 is 5.11 Å². The number of rotatable bonds is 1. The first-order valence-corrected chi connectivity index (χ1v) is 4.54. The summed E-state index contributed by atoms with van der Waals surface area (Å²) in [5.41, 5.74) is 0.0909. The van der Waals surface area contributed by atoms with E-state index in [4.69, 9.17) is 4.19 Å². The topological polar surface area (TPSA) is 93.5 Å². The van der Waals surface area contributed by atoms with Gasteiger partial charge >= 0.3 is 20.5 Å². The van der Waals surface area contributed by atoms with Crippen LogP contribution in [0.25, 0.3) is 10.9 Å². The van der Waals surface area contributed by atoms with Crippen LogP contribution >= 0.6 is 0 Å². The van der Waals surface area contributed by atoms with Crippen LogP contribution in [0.3, 0.4) is 0 Å². The minimum absolute atomic E-state index is 0.0365. The molecule has 0 amide bonds. The van der Waals surface area contributed by atoms with Gasteiger partial charge in [0.2, 0.25) is 0 Å². The zero-order chi connectivity index (χ0) is 12.1. The van der Waals surface area contributed by atoms with Crippen LogP contribution in [-0.2, 0) is 16.3 Å². The van der Waals surface area contributed by atoms with E-state index in [9.17, 15) is 15.0 Å². The van der Waals surface area contributed by atoms with Crippen molar-refractivity contribution < 1.29 is 35.5 Å². The summed E-state index contributed by atoms with van der Waals surface area (Å²) in [5, 5.41) is 20.6. The first-order chi connectivity index (χ1) is 7.68. The van der Waals surface area contributed by atoms with Gasteiger partial charge in [0.05, 0.1) is 11.7 Å². The average Bonchev–Trinajstić information content (AvgIpc) is 2.32. The number of phenolic OH excluding ortho intramolecular Hbond substituents is 1. The maximum absolute atomic E-state index is 10.5. The number of fused-ring (bicyclic) bond motifs is 1. The summed E-state index contributed by atoms with van der Waals surface area (Å²) < 4.78 is 6.56. The molecule has 0 aliphatic rings. The van der Waals surface area contributed by atoms with Crippen molar-refractivity contribution >= 4 is 16.9 Å². The Morgan fingerprint density at radius 1 is 1.25 bits per heavy atom. The Labute approximate surface area is 99.5 Å². The fourth-order valence-corrected chi connectivity index (χ4v) is 1.25. The van der Waals surface area contributed by atoms with E-state index in [1.807, 2.05) is 0 Å². The number of para-hydroxylation sites is 1. The minimum atomic E-state index is -1.35. The number of aromatic nitrogens is 1. The van der Waals surface area contributed by atoms with Gasteiger partial charge in [0.25, 0.3) is 0 Å². The summed E-state index contributed by atoms with van der Waals surface area (Å²) in [5.74, 6) is -1.39.